The highest BCUT2D eigenvalue weighted by atomic mass is 16.3. The number of phenolic OH excluding ortho intramolecular Hbond substituents is 1. The van der Waals surface area contributed by atoms with Gasteiger partial charge in [-0.05, 0) is 38.1 Å². The van der Waals surface area contributed by atoms with E-state index in [1.54, 1.807) is 16.9 Å². The molecule has 3 rings (SSSR count). The van der Waals surface area contributed by atoms with E-state index in [1.165, 1.54) is 6.33 Å². The Morgan fingerprint density at radius 1 is 1.15 bits per heavy atom. The SMILES string of the molecule is Cc1cc(C)n(-c2cccc(-c3ccncn3)c2O)n1. The quantitative estimate of drug-likeness (QED) is 0.774. The lowest BCUT2D eigenvalue weighted by molar-refractivity contribution is 0.471. The Kier molecular flexibility index (Phi) is 2.95. The van der Waals surface area contributed by atoms with Gasteiger partial charge in [0.25, 0.3) is 0 Å². The molecule has 100 valence electrons. The number of phenols is 1. The first-order valence-electron chi connectivity index (χ1n) is 6.29. The summed E-state index contributed by atoms with van der Waals surface area (Å²) in [6.45, 7) is 3.88. The predicted molar refractivity (Wildman–Crippen MR) is 75.7 cm³/mol. The third-order valence-electron chi connectivity index (χ3n) is 3.11. The van der Waals surface area contributed by atoms with E-state index in [0.717, 1.165) is 11.4 Å². The van der Waals surface area contributed by atoms with Crippen molar-refractivity contribution >= 4 is 0 Å². The van der Waals surface area contributed by atoms with Crippen molar-refractivity contribution in [3.8, 4) is 22.7 Å². The Bertz CT molecular complexity index is 750. The number of hydrogen-bond acceptors (Lipinski definition) is 4. The highest BCUT2D eigenvalue weighted by Crippen LogP contribution is 2.33. The molecular formula is C15H14N4O. The van der Waals surface area contributed by atoms with Crippen LogP contribution in [0.1, 0.15) is 11.4 Å². The first-order chi connectivity index (χ1) is 9.66. The number of rotatable bonds is 2. The molecule has 2 heterocycles. The van der Waals surface area contributed by atoms with Gasteiger partial charge in [0, 0.05) is 17.5 Å². The van der Waals surface area contributed by atoms with Gasteiger partial charge in [0.2, 0.25) is 0 Å². The van der Waals surface area contributed by atoms with Gasteiger partial charge in [-0.3, -0.25) is 0 Å². The second kappa shape index (κ2) is 4.77. The molecule has 0 aliphatic rings. The Morgan fingerprint density at radius 2 is 2.00 bits per heavy atom. The highest BCUT2D eigenvalue weighted by molar-refractivity contribution is 5.71. The fourth-order valence-corrected chi connectivity index (χ4v) is 2.23. The Labute approximate surface area is 116 Å². The lowest BCUT2D eigenvalue weighted by atomic mass is 10.1. The number of aryl methyl sites for hydroxylation is 2. The smallest absolute Gasteiger partial charge is 0.150 e. The molecule has 3 aromatic rings. The van der Waals surface area contributed by atoms with Gasteiger partial charge in [0.15, 0.2) is 5.75 Å². The van der Waals surface area contributed by atoms with Gasteiger partial charge in [-0.2, -0.15) is 5.10 Å². The molecule has 0 fully saturated rings. The molecule has 0 saturated carbocycles. The van der Waals surface area contributed by atoms with Crippen LogP contribution in [-0.2, 0) is 0 Å². The largest absolute Gasteiger partial charge is 0.505 e. The summed E-state index contributed by atoms with van der Waals surface area (Å²) in [7, 11) is 0. The fourth-order valence-electron chi connectivity index (χ4n) is 2.23. The molecule has 0 aliphatic heterocycles. The molecule has 20 heavy (non-hydrogen) atoms. The van der Waals surface area contributed by atoms with Crippen LogP contribution in [0.2, 0.25) is 0 Å². The molecule has 2 aromatic heterocycles. The monoisotopic (exact) mass is 266 g/mol. The second-order valence-corrected chi connectivity index (χ2v) is 4.61. The third kappa shape index (κ3) is 2.03. The standard InChI is InChI=1S/C15H14N4O/c1-10-8-11(2)19(18-10)14-5-3-4-12(15(14)20)13-6-7-16-9-17-13/h3-9,20H,1-2H3. The summed E-state index contributed by atoms with van der Waals surface area (Å²) in [6, 6.07) is 9.27. The van der Waals surface area contributed by atoms with E-state index in [1.807, 2.05) is 38.1 Å². The minimum absolute atomic E-state index is 0.164. The number of benzene rings is 1. The summed E-state index contributed by atoms with van der Waals surface area (Å²) >= 11 is 0. The summed E-state index contributed by atoms with van der Waals surface area (Å²) in [6.07, 6.45) is 3.11. The van der Waals surface area contributed by atoms with E-state index >= 15 is 0 Å². The predicted octanol–water partition coefficient (Wildman–Crippen LogP) is 2.65. The minimum atomic E-state index is 0.164. The summed E-state index contributed by atoms with van der Waals surface area (Å²) in [4.78, 5) is 8.06. The molecule has 0 aliphatic carbocycles. The zero-order chi connectivity index (χ0) is 14.1. The zero-order valence-corrected chi connectivity index (χ0v) is 11.3. The van der Waals surface area contributed by atoms with E-state index in [2.05, 4.69) is 15.1 Å². The summed E-state index contributed by atoms with van der Waals surface area (Å²) < 4.78 is 1.73. The van der Waals surface area contributed by atoms with Crippen molar-refractivity contribution in [1.82, 2.24) is 19.7 Å². The molecule has 0 spiro atoms. The molecule has 1 aromatic carbocycles. The van der Waals surface area contributed by atoms with Crippen molar-refractivity contribution in [2.24, 2.45) is 0 Å². The summed E-state index contributed by atoms with van der Waals surface area (Å²) in [5.74, 6) is 0.164. The first-order valence-corrected chi connectivity index (χ1v) is 6.29. The number of para-hydroxylation sites is 1. The maximum absolute atomic E-state index is 10.5. The van der Waals surface area contributed by atoms with E-state index in [9.17, 15) is 5.11 Å². The van der Waals surface area contributed by atoms with Crippen LogP contribution in [0.4, 0.5) is 0 Å². The molecular weight excluding hydrogens is 252 g/mol. The Balaban J connectivity index is 2.18. The normalized spacial score (nSPS) is 10.7. The highest BCUT2D eigenvalue weighted by Gasteiger charge is 2.13. The van der Waals surface area contributed by atoms with Crippen LogP contribution in [0.25, 0.3) is 16.9 Å². The maximum atomic E-state index is 10.5. The van der Waals surface area contributed by atoms with E-state index in [0.29, 0.717) is 16.9 Å². The molecule has 0 unspecified atom stereocenters. The number of nitrogens with zero attached hydrogens (tertiary/aromatic N) is 4. The topological polar surface area (TPSA) is 63.8 Å². The molecule has 0 atom stereocenters. The van der Waals surface area contributed by atoms with Gasteiger partial charge in [0.05, 0.1) is 11.4 Å². The van der Waals surface area contributed by atoms with Crippen LogP contribution in [0.15, 0.2) is 42.9 Å². The average Bonchev–Trinajstić information content (AvgIpc) is 2.79. The van der Waals surface area contributed by atoms with Crippen LogP contribution in [-0.4, -0.2) is 24.9 Å². The van der Waals surface area contributed by atoms with E-state index in [4.69, 9.17) is 0 Å². The van der Waals surface area contributed by atoms with E-state index < -0.39 is 0 Å². The molecule has 0 amide bonds. The first kappa shape index (κ1) is 12.3. The molecule has 5 nitrogen and oxygen atoms in total. The van der Waals surface area contributed by atoms with Gasteiger partial charge in [-0.1, -0.05) is 6.07 Å². The van der Waals surface area contributed by atoms with Gasteiger partial charge in [-0.25, -0.2) is 14.6 Å². The number of hydrogen-bond donors (Lipinski definition) is 1. The van der Waals surface area contributed by atoms with Crippen molar-refractivity contribution in [3.05, 3.63) is 54.2 Å². The Hall–Kier alpha value is -2.69. The maximum Gasteiger partial charge on any atom is 0.150 e. The fraction of sp³-hybridized carbons (Fsp3) is 0.133. The third-order valence-corrected chi connectivity index (χ3v) is 3.11. The van der Waals surface area contributed by atoms with Crippen molar-refractivity contribution in [2.45, 2.75) is 13.8 Å². The van der Waals surface area contributed by atoms with Crippen molar-refractivity contribution in [1.29, 1.82) is 0 Å². The van der Waals surface area contributed by atoms with Crippen LogP contribution >= 0.6 is 0 Å². The lowest BCUT2D eigenvalue weighted by Crippen LogP contribution is -2.00. The second-order valence-electron chi connectivity index (χ2n) is 4.61. The van der Waals surface area contributed by atoms with Crippen LogP contribution in [0.3, 0.4) is 0 Å². The van der Waals surface area contributed by atoms with Crippen LogP contribution in [0.5, 0.6) is 5.75 Å². The number of aromatic hydroxyl groups is 1. The molecule has 1 N–H and O–H groups in total. The lowest BCUT2D eigenvalue weighted by Gasteiger charge is -2.10. The number of aromatic nitrogens is 4. The van der Waals surface area contributed by atoms with Crippen molar-refractivity contribution < 1.29 is 5.11 Å². The average molecular weight is 266 g/mol. The van der Waals surface area contributed by atoms with E-state index in [-0.39, 0.29) is 5.75 Å². The molecule has 0 radical (unpaired) electrons. The molecule has 0 saturated heterocycles. The Morgan fingerprint density at radius 3 is 2.65 bits per heavy atom. The minimum Gasteiger partial charge on any atom is -0.505 e. The summed E-state index contributed by atoms with van der Waals surface area (Å²) in [5.41, 5.74) is 3.87. The van der Waals surface area contributed by atoms with Crippen molar-refractivity contribution in [2.75, 3.05) is 0 Å². The molecule has 0 bridgehead atoms. The molecule has 5 heteroatoms. The van der Waals surface area contributed by atoms with Gasteiger partial charge < -0.3 is 5.11 Å². The summed E-state index contributed by atoms with van der Waals surface area (Å²) in [5, 5.41) is 14.9. The van der Waals surface area contributed by atoms with Crippen LogP contribution < -0.4 is 0 Å². The zero-order valence-electron chi connectivity index (χ0n) is 11.3. The van der Waals surface area contributed by atoms with Gasteiger partial charge in [-0.15, -0.1) is 0 Å². The van der Waals surface area contributed by atoms with Gasteiger partial charge >= 0.3 is 0 Å². The van der Waals surface area contributed by atoms with Gasteiger partial charge in [0.1, 0.15) is 12.0 Å². The van der Waals surface area contributed by atoms with Crippen molar-refractivity contribution in [3.63, 3.8) is 0 Å². The van der Waals surface area contributed by atoms with Crippen LogP contribution in [0, 0.1) is 13.8 Å².